The Kier molecular flexibility index (Phi) is 3.30. The van der Waals surface area contributed by atoms with Crippen molar-refractivity contribution in [2.75, 3.05) is 6.54 Å². The van der Waals surface area contributed by atoms with E-state index in [9.17, 15) is 4.79 Å². The first-order chi connectivity index (χ1) is 8.16. The summed E-state index contributed by atoms with van der Waals surface area (Å²) in [4.78, 5) is 19.1. The molecule has 0 saturated carbocycles. The molecule has 0 saturated heterocycles. The van der Waals surface area contributed by atoms with Crippen LogP contribution in [0.15, 0.2) is 24.5 Å². The lowest BCUT2D eigenvalue weighted by molar-refractivity contribution is -0.117. The number of primary amides is 1. The van der Waals surface area contributed by atoms with Crippen molar-refractivity contribution in [2.45, 2.75) is 13.5 Å². The van der Waals surface area contributed by atoms with Crippen LogP contribution in [-0.4, -0.2) is 22.4 Å². The van der Waals surface area contributed by atoms with Crippen molar-refractivity contribution in [3.8, 4) is 0 Å². The van der Waals surface area contributed by atoms with Crippen LogP contribution in [0.4, 0.5) is 0 Å². The Morgan fingerprint density at radius 2 is 2.29 bits per heavy atom. The molecule has 0 fully saturated rings. The number of aromatic nitrogens is 2. The van der Waals surface area contributed by atoms with Crippen LogP contribution in [0.1, 0.15) is 11.3 Å². The largest absolute Gasteiger partial charge is 0.369 e. The van der Waals surface area contributed by atoms with E-state index in [0.29, 0.717) is 6.54 Å². The maximum atomic E-state index is 10.6. The van der Waals surface area contributed by atoms with Crippen LogP contribution >= 0.6 is 0 Å². The number of amides is 1. The van der Waals surface area contributed by atoms with Crippen molar-refractivity contribution in [1.29, 1.82) is 0 Å². The highest BCUT2D eigenvalue weighted by atomic mass is 16.1. The second-order valence-corrected chi connectivity index (χ2v) is 3.88. The standard InChI is InChI=1S/C12H14N4O/c1-8-12-10(2-3-15-8)4-9(6-16-12)5-14-7-11(13)17/h2-4,6,14H,5,7H2,1H3,(H2,13,17). The molecule has 88 valence electrons. The summed E-state index contributed by atoms with van der Waals surface area (Å²) >= 11 is 0. The highest BCUT2D eigenvalue weighted by Crippen LogP contribution is 2.14. The van der Waals surface area contributed by atoms with Crippen LogP contribution in [0.2, 0.25) is 0 Å². The van der Waals surface area contributed by atoms with Crippen molar-refractivity contribution >= 4 is 16.8 Å². The van der Waals surface area contributed by atoms with Gasteiger partial charge < -0.3 is 11.1 Å². The minimum absolute atomic E-state index is 0.174. The third-order valence-corrected chi connectivity index (χ3v) is 2.47. The van der Waals surface area contributed by atoms with Crippen LogP contribution in [0.5, 0.6) is 0 Å². The molecule has 0 aliphatic carbocycles. The number of pyridine rings is 2. The Morgan fingerprint density at radius 1 is 1.47 bits per heavy atom. The zero-order chi connectivity index (χ0) is 12.3. The number of hydrogen-bond acceptors (Lipinski definition) is 4. The molecule has 0 aliphatic rings. The van der Waals surface area contributed by atoms with Crippen LogP contribution in [0.3, 0.4) is 0 Å². The molecule has 0 aliphatic heterocycles. The predicted octanol–water partition coefficient (Wildman–Crippen LogP) is 0.513. The molecular formula is C12H14N4O. The molecule has 5 heteroatoms. The van der Waals surface area contributed by atoms with Gasteiger partial charge >= 0.3 is 0 Å². The predicted molar refractivity (Wildman–Crippen MR) is 65.2 cm³/mol. The Bertz CT molecular complexity index is 553. The van der Waals surface area contributed by atoms with Gasteiger partial charge in [0, 0.05) is 24.3 Å². The van der Waals surface area contributed by atoms with Crippen molar-refractivity contribution in [3.63, 3.8) is 0 Å². The van der Waals surface area contributed by atoms with E-state index in [-0.39, 0.29) is 12.5 Å². The summed E-state index contributed by atoms with van der Waals surface area (Å²) in [5.41, 5.74) is 7.88. The number of hydrogen-bond donors (Lipinski definition) is 2. The van der Waals surface area contributed by atoms with Gasteiger partial charge in [-0.15, -0.1) is 0 Å². The van der Waals surface area contributed by atoms with E-state index in [0.717, 1.165) is 22.2 Å². The van der Waals surface area contributed by atoms with Gasteiger partial charge in [-0.2, -0.15) is 0 Å². The summed E-state index contributed by atoms with van der Waals surface area (Å²) in [5.74, 6) is -0.362. The van der Waals surface area contributed by atoms with Crippen molar-refractivity contribution in [2.24, 2.45) is 5.73 Å². The second-order valence-electron chi connectivity index (χ2n) is 3.88. The Balaban J connectivity index is 2.17. The van der Waals surface area contributed by atoms with Gasteiger partial charge in [-0.25, -0.2) is 0 Å². The summed E-state index contributed by atoms with van der Waals surface area (Å²) < 4.78 is 0. The van der Waals surface area contributed by atoms with Gasteiger partial charge in [-0.3, -0.25) is 14.8 Å². The number of fused-ring (bicyclic) bond motifs is 1. The van der Waals surface area contributed by atoms with Crippen LogP contribution in [0.25, 0.3) is 10.9 Å². The summed E-state index contributed by atoms with van der Waals surface area (Å²) in [5, 5.41) is 4.00. The molecule has 2 heterocycles. The number of nitrogens with one attached hydrogen (secondary N) is 1. The van der Waals surface area contributed by atoms with E-state index in [1.807, 2.05) is 19.1 Å². The molecule has 3 N–H and O–H groups in total. The number of nitrogens with zero attached hydrogens (tertiary/aromatic N) is 2. The molecule has 2 aromatic rings. The monoisotopic (exact) mass is 230 g/mol. The summed E-state index contributed by atoms with van der Waals surface area (Å²) in [6.07, 6.45) is 3.55. The van der Waals surface area contributed by atoms with E-state index in [4.69, 9.17) is 5.73 Å². The molecule has 0 aromatic carbocycles. The average Bonchev–Trinajstić information content (AvgIpc) is 2.29. The Hall–Kier alpha value is -2.01. The van der Waals surface area contributed by atoms with Gasteiger partial charge in [0.2, 0.25) is 5.91 Å². The Morgan fingerprint density at radius 3 is 3.06 bits per heavy atom. The quantitative estimate of drug-likeness (QED) is 0.802. The molecule has 17 heavy (non-hydrogen) atoms. The smallest absolute Gasteiger partial charge is 0.231 e. The lowest BCUT2D eigenvalue weighted by Gasteiger charge is -2.05. The molecule has 2 aromatic heterocycles. The van der Waals surface area contributed by atoms with Gasteiger partial charge in [-0.1, -0.05) is 0 Å². The number of carbonyl (C=O) groups excluding carboxylic acids is 1. The van der Waals surface area contributed by atoms with Crippen molar-refractivity contribution in [3.05, 3.63) is 35.8 Å². The summed E-state index contributed by atoms with van der Waals surface area (Å²) in [6, 6.07) is 3.96. The number of aryl methyl sites for hydroxylation is 1. The fraction of sp³-hybridized carbons (Fsp3) is 0.250. The molecule has 0 unspecified atom stereocenters. The minimum Gasteiger partial charge on any atom is -0.369 e. The van der Waals surface area contributed by atoms with E-state index in [1.54, 1.807) is 12.4 Å². The van der Waals surface area contributed by atoms with E-state index < -0.39 is 0 Å². The fourth-order valence-electron chi connectivity index (χ4n) is 1.67. The number of nitrogens with two attached hydrogens (primary N) is 1. The third kappa shape index (κ3) is 2.76. The Labute approximate surface area is 99.1 Å². The van der Waals surface area contributed by atoms with Gasteiger partial charge in [0.15, 0.2) is 0 Å². The lowest BCUT2D eigenvalue weighted by Crippen LogP contribution is -2.28. The average molecular weight is 230 g/mol. The summed E-state index contributed by atoms with van der Waals surface area (Å²) in [6.45, 7) is 2.68. The van der Waals surface area contributed by atoms with Crippen molar-refractivity contribution < 1.29 is 4.79 Å². The minimum atomic E-state index is -0.362. The molecule has 0 spiro atoms. The van der Waals surface area contributed by atoms with Gasteiger partial charge in [0.05, 0.1) is 17.8 Å². The van der Waals surface area contributed by atoms with Crippen molar-refractivity contribution in [1.82, 2.24) is 15.3 Å². The van der Waals surface area contributed by atoms with Crippen LogP contribution in [0, 0.1) is 6.92 Å². The molecule has 0 bridgehead atoms. The SMILES string of the molecule is Cc1nccc2cc(CNCC(N)=O)cnc12. The third-order valence-electron chi connectivity index (χ3n) is 2.47. The maximum Gasteiger partial charge on any atom is 0.231 e. The van der Waals surface area contributed by atoms with Crippen LogP contribution < -0.4 is 11.1 Å². The van der Waals surface area contributed by atoms with Gasteiger partial charge in [-0.05, 0) is 24.6 Å². The van der Waals surface area contributed by atoms with E-state index in [1.165, 1.54) is 0 Å². The highest BCUT2D eigenvalue weighted by molar-refractivity contribution is 5.80. The second kappa shape index (κ2) is 4.88. The fourth-order valence-corrected chi connectivity index (χ4v) is 1.67. The van der Waals surface area contributed by atoms with Gasteiger partial charge in [0.25, 0.3) is 0 Å². The van der Waals surface area contributed by atoms with E-state index >= 15 is 0 Å². The molecule has 0 radical (unpaired) electrons. The molecule has 1 amide bonds. The summed E-state index contributed by atoms with van der Waals surface area (Å²) in [7, 11) is 0. The molecular weight excluding hydrogens is 216 g/mol. The zero-order valence-electron chi connectivity index (χ0n) is 9.60. The number of rotatable bonds is 4. The first kappa shape index (κ1) is 11.5. The lowest BCUT2D eigenvalue weighted by atomic mass is 10.1. The number of carbonyl (C=O) groups is 1. The first-order valence-corrected chi connectivity index (χ1v) is 5.36. The maximum absolute atomic E-state index is 10.6. The zero-order valence-corrected chi connectivity index (χ0v) is 9.60. The van der Waals surface area contributed by atoms with E-state index in [2.05, 4.69) is 15.3 Å². The normalized spacial score (nSPS) is 10.6. The molecule has 5 nitrogen and oxygen atoms in total. The van der Waals surface area contributed by atoms with Crippen LogP contribution in [-0.2, 0) is 11.3 Å². The molecule has 0 atom stereocenters. The first-order valence-electron chi connectivity index (χ1n) is 5.36. The topological polar surface area (TPSA) is 80.9 Å². The molecule has 2 rings (SSSR count). The highest BCUT2D eigenvalue weighted by Gasteiger charge is 2.01. The van der Waals surface area contributed by atoms with Gasteiger partial charge in [0.1, 0.15) is 0 Å².